The van der Waals surface area contributed by atoms with Crippen molar-refractivity contribution >= 4 is 23.0 Å². The number of nitrogens with zero attached hydrogens (tertiary/aromatic N) is 5. The first-order valence-electron chi connectivity index (χ1n) is 11.9. The lowest BCUT2D eigenvalue weighted by atomic mass is 9.98. The van der Waals surface area contributed by atoms with Crippen LogP contribution in [0.5, 0.6) is 5.75 Å². The molecular formula is C27H33FN6O3. The van der Waals surface area contributed by atoms with Gasteiger partial charge in [-0.3, -0.25) is 9.59 Å². The van der Waals surface area contributed by atoms with Crippen LogP contribution in [0, 0.1) is 6.92 Å². The number of ether oxygens (including phenoxy) is 1. The van der Waals surface area contributed by atoms with Gasteiger partial charge in [0.2, 0.25) is 12.3 Å². The zero-order valence-electron chi connectivity index (χ0n) is 22.0. The Morgan fingerprint density at radius 2 is 2.00 bits per heavy atom. The molecule has 9 nitrogen and oxygen atoms in total. The van der Waals surface area contributed by atoms with E-state index in [2.05, 4.69) is 15.4 Å². The van der Waals surface area contributed by atoms with Crippen molar-refractivity contribution in [1.82, 2.24) is 29.7 Å². The van der Waals surface area contributed by atoms with Gasteiger partial charge in [0.1, 0.15) is 11.3 Å². The molecule has 0 aliphatic carbocycles. The molecule has 1 unspecified atom stereocenters. The van der Waals surface area contributed by atoms with Crippen LogP contribution in [0.3, 0.4) is 0 Å². The number of allylic oxidation sites excluding steroid dienone is 2. The van der Waals surface area contributed by atoms with Crippen molar-refractivity contribution in [3.8, 4) is 5.75 Å². The van der Waals surface area contributed by atoms with Crippen LogP contribution >= 0.6 is 0 Å². The first-order valence-corrected chi connectivity index (χ1v) is 11.9. The van der Waals surface area contributed by atoms with Crippen molar-refractivity contribution in [3.63, 3.8) is 0 Å². The first-order chi connectivity index (χ1) is 17.6. The predicted octanol–water partition coefficient (Wildman–Crippen LogP) is 3.82. The van der Waals surface area contributed by atoms with Crippen molar-refractivity contribution in [2.45, 2.75) is 33.5 Å². The average Bonchev–Trinajstić information content (AvgIpc) is 3.27. The summed E-state index contributed by atoms with van der Waals surface area (Å²) in [5.74, 6) is -0.198. The molecule has 2 amide bonds. The molecule has 0 aliphatic rings. The van der Waals surface area contributed by atoms with E-state index in [4.69, 9.17) is 4.74 Å². The van der Waals surface area contributed by atoms with Gasteiger partial charge in [0, 0.05) is 57.8 Å². The molecule has 0 saturated heterocycles. The van der Waals surface area contributed by atoms with E-state index in [1.165, 1.54) is 22.5 Å². The minimum absolute atomic E-state index is 0.0860. The second-order valence-electron chi connectivity index (χ2n) is 8.83. The highest BCUT2D eigenvalue weighted by Gasteiger charge is 2.21. The highest BCUT2D eigenvalue weighted by molar-refractivity contribution is 6.02. The fourth-order valence-electron chi connectivity index (χ4n) is 3.67. The second-order valence-corrected chi connectivity index (χ2v) is 8.83. The number of carbonyl (C=O) groups excluding carboxylic acids is 2. The monoisotopic (exact) mass is 508 g/mol. The van der Waals surface area contributed by atoms with Crippen LogP contribution < -0.4 is 10.1 Å². The maximum absolute atomic E-state index is 13.9. The third kappa shape index (κ3) is 6.93. The normalized spacial score (nSPS) is 12.8. The summed E-state index contributed by atoms with van der Waals surface area (Å²) in [5, 5.41) is 7.17. The number of hydrogen-bond donors (Lipinski definition) is 1. The average molecular weight is 509 g/mol. The van der Waals surface area contributed by atoms with Crippen LogP contribution in [0.25, 0.3) is 11.2 Å². The van der Waals surface area contributed by atoms with Gasteiger partial charge < -0.3 is 19.9 Å². The zero-order valence-corrected chi connectivity index (χ0v) is 22.0. The fourth-order valence-corrected chi connectivity index (χ4v) is 3.67. The Hall–Kier alpha value is -4.21. The maximum atomic E-state index is 13.9. The molecule has 0 saturated carbocycles. The molecule has 3 aromatic rings. The van der Waals surface area contributed by atoms with E-state index in [1.807, 2.05) is 32.1 Å². The van der Waals surface area contributed by atoms with E-state index < -0.39 is 12.3 Å². The Morgan fingerprint density at radius 1 is 1.24 bits per heavy atom. The smallest absolute Gasteiger partial charge is 0.261 e. The third-order valence-corrected chi connectivity index (χ3v) is 5.42. The highest BCUT2D eigenvalue weighted by atomic mass is 19.1. The highest BCUT2D eigenvalue weighted by Crippen LogP contribution is 2.33. The Morgan fingerprint density at radius 3 is 2.68 bits per heavy atom. The molecular weight excluding hydrogens is 475 g/mol. The Bertz CT molecular complexity index is 1330. The summed E-state index contributed by atoms with van der Waals surface area (Å²) in [5.41, 5.74) is 3.28. The van der Waals surface area contributed by atoms with Crippen LogP contribution in [0.2, 0.25) is 0 Å². The standard InChI is InChI=1S/C27H33FN6O3/c1-7-9-20(21-14-18(2)10-11-24(21)37-19(3)28)23(16-33(6)17-25(35)32(4)5)31-27(36)22-15-30-34-13-8-12-29-26(22)34/h8-16,19H,7,17H2,1-6H3,(H,31,36)/b20-9-,23-16+. The van der Waals surface area contributed by atoms with Crippen LogP contribution in [-0.4, -0.2) is 70.3 Å². The molecule has 0 aliphatic heterocycles. The summed E-state index contributed by atoms with van der Waals surface area (Å²) in [6.45, 7) is 5.28. The molecule has 0 radical (unpaired) electrons. The van der Waals surface area contributed by atoms with E-state index in [0.717, 1.165) is 5.56 Å². The van der Waals surface area contributed by atoms with Crippen molar-refractivity contribution in [3.05, 3.63) is 77.5 Å². The number of rotatable bonds is 10. The number of amides is 2. The van der Waals surface area contributed by atoms with E-state index >= 15 is 0 Å². The van der Waals surface area contributed by atoms with Gasteiger partial charge in [0.25, 0.3) is 5.91 Å². The summed E-state index contributed by atoms with van der Waals surface area (Å²) in [6.07, 6.45) is 7.44. The number of hydrogen-bond acceptors (Lipinski definition) is 6. The van der Waals surface area contributed by atoms with Gasteiger partial charge in [-0.05, 0) is 31.5 Å². The molecule has 1 aromatic carbocycles. The minimum Gasteiger partial charge on any atom is -0.460 e. The van der Waals surface area contributed by atoms with Gasteiger partial charge >= 0.3 is 0 Å². The Kier molecular flexibility index (Phi) is 9.00. The van der Waals surface area contributed by atoms with Crippen molar-refractivity contribution < 1.29 is 18.7 Å². The number of carbonyl (C=O) groups is 2. The quantitative estimate of drug-likeness (QED) is 0.419. The predicted molar refractivity (Wildman–Crippen MR) is 141 cm³/mol. The zero-order chi connectivity index (χ0) is 27.1. The van der Waals surface area contributed by atoms with Gasteiger partial charge in [-0.2, -0.15) is 5.10 Å². The summed E-state index contributed by atoms with van der Waals surface area (Å²) in [7, 11) is 5.10. The number of fused-ring (bicyclic) bond motifs is 1. The van der Waals surface area contributed by atoms with Crippen LogP contribution in [0.4, 0.5) is 4.39 Å². The molecule has 10 heteroatoms. The molecule has 1 N–H and O–H groups in total. The van der Waals surface area contributed by atoms with Gasteiger partial charge in [-0.25, -0.2) is 13.9 Å². The van der Waals surface area contributed by atoms with Crippen molar-refractivity contribution in [2.24, 2.45) is 0 Å². The number of alkyl halides is 1. The topological polar surface area (TPSA) is 92.1 Å². The molecule has 3 rings (SSSR count). The minimum atomic E-state index is -1.53. The summed E-state index contributed by atoms with van der Waals surface area (Å²) < 4.78 is 20.9. The largest absolute Gasteiger partial charge is 0.460 e. The molecule has 37 heavy (non-hydrogen) atoms. The van der Waals surface area contributed by atoms with Gasteiger partial charge in [0.15, 0.2) is 5.65 Å². The molecule has 1 atom stereocenters. The van der Waals surface area contributed by atoms with E-state index in [9.17, 15) is 14.0 Å². The van der Waals surface area contributed by atoms with E-state index in [1.54, 1.807) is 56.8 Å². The summed E-state index contributed by atoms with van der Waals surface area (Å²) >= 11 is 0. The van der Waals surface area contributed by atoms with Gasteiger partial charge in [-0.1, -0.05) is 24.6 Å². The molecule has 0 spiro atoms. The maximum Gasteiger partial charge on any atom is 0.261 e. The fraction of sp³-hybridized carbons (Fsp3) is 0.333. The number of halogens is 1. The summed E-state index contributed by atoms with van der Waals surface area (Å²) in [4.78, 5) is 33.2. The number of aryl methyl sites for hydroxylation is 1. The van der Waals surface area contributed by atoms with Crippen molar-refractivity contribution in [2.75, 3.05) is 27.7 Å². The number of nitrogens with one attached hydrogen (secondary N) is 1. The Balaban J connectivity index is 2.10. The lowest BCUT2D eigenvalue weighted by Crippen LogP contribution is -2.33. The van der Waals surface area contributed by atoms with Gasteiger partial charge in [0.05, 0.1) is 18.4 Å². The molecule has 2 heterocycles. The lowest BCUT2D eigenvalue weighted by molar-refractivity contribution is -0.129. The van der Waals surface area contributed by atoms with E-state index in [0.29, 0.717) is 34.7 Å². The number of benzene rings is 1. The third-order valence-electron chi connectivity index (χ3n) is 5.42. The SMILES string of the molecule is CC/C=C(\C(=C/N(C)CC(=O)N(C)C)NC(=O)c1cnn2cccnc12)c1cc(C)ccc1OC(C)F. The van der Waals surface area contributed by atoms with E-state index in [-0.39, 0.29) is 18.0 Å². The number of aromatic nitrogens is 3. The van der Waals surface area contributed by atoms with Crippen LogP contribution in [0.1, 0.15) is 41.8 Å². The summed E-state index contributed by atoms with van der Waals surface area (Å²) in [6, 6.07) is 7.13. The van der Waals surface area contributed by atoms with Crippen molar-refractivity contribution in [1.29, 1.82) is 0 Å². The first kappa shape index (κ1) is 27.4. The van der Waals surface area contributed by atoms with Crippen LogP contribution in [0.15, 0.2) is 60.8 Å². The Labute approximate surface area is 216 Å². The lowest BCUT2D eigenvalue weighted by Gasteiger charge is -2.22. The molecule has 0 fully saturated rings. The molecule has 196 valence electrons. The molecule has 2 aromatic heterocycles. The van der Waals surface area contributed by atoms with Gasteiger partial charge in [-0.15, -0.1) is 0 Å². The van der Waals surface area contributed by atoms with Crippen LogP contribution in [-0.2, 0) is 4.79 Å². The molecule has 0 bridgehead atoms. The number of likely N-dealkylation sites (N-methyl/N-ethyl adjacent to an activating group) is 2. The second kappa shape index (κ2) is 12.2.